The number of carbonyl (C=O) groups excluding carboxylic acids is 1. The van der Waals surface area contributed by atoms with Gasteiger partial charge in [-0.1, -0.05) is 0 Å². The molecule has 124 valence electrons. The molecule has 0 radical (unpaired) electrons. The number of nitrogens with zero attached hydrogens (tertiary/aromatic N) is 2. The van der Waals surface area contributed by atoms with Gasteiger partial charge in [0.25, 0.3) is 0 Å². The second-order valence-corrected chi connectivity index (χ2v) is 5.57. The number of anilines is 1. The van der Waals surface area contributed by atoms with Gasteiger partial charge in [-0.15, -0.1) is 0 Å². The lowest BCUT2D eigenvalue weighted by Gasteiger charge is -2.33. The van der Waals surface area contributed by atoms with Crippen molar-refractivity contribution in [2.24, 2.45) is 5.10 Å². The fourth-order valence-corrected chi connectivity index (χ4v) is 2.78. The third kappa shape index (κ3) is 3.12. The van der Waals surface area contributed by atoms with Gasteiger partial charge in [-0.2, -0.15) is 5.10 Å². The molecule has 8 heteroatoms. The van der Waals surface area contributed by atoms with E-state index in [4.69, 9.17) is 9.47 Å². The van der Waals surface area contributed by atoms with E-state index in [1.165, 1.54) is 12.1 Å². The third-order valence-corrected chi connectivity index (χ3v) is 3.81. The Labute approximate surface area is 132 Å². The lowest BCUT2D eigenvalue weighted by atomic mass is 10.0. The Balaban J connectivity index is 1.93. The van der Waals surface area contributed by atoms with Crippen molar-refractivity contribution in [1.82, 2.24) is 5.43 Å². The highest BCUT2D eigenvalue weighted by atomic mass is 19.1. The van der Waals surface area contributed by atoms with Crippen LogP contribution in [0.15, 0.2) is 17.2 Å². The minimum absolute atomic E-state index is 0.0714. The monoisotopic (exact) mass is 325 g/mol. The van der Waals surface area contributed by atoms with E-state index in [1.54, 1.807) is 11.8 Å². The van der Waals surface area contributed by atoms with Crippen LogP contribution in [0.4, 0.5) is 19.3 Å². The van der Waals surface area contributed by atoms with Gasteiger partial charge in [0.2, 0.25) is 0 Å². The molecule has 1 aromatic rings. The van der Waals surface area contributed by atoms with Crippen LogP contribution in [-0.2, 0) is 9.47 Å². The Morgan fingerprint density at radius 3 is 2.61 bits per heavy atom. The van der Waals surface area contributed by atoms with Crippen LogP contribution in [0.2, 0.25) is 0 Å². The number of hydrogen-bond acceptors (Lipinski definition) is 5. The fourth-order valence-electron chi connectivity index (χ4n) is 2.78. The van der Waals surface area contributed by atoms with Gasteiger partial charge < -0.3 is 14.4 Å². The van der Waals surface area contributed by atoms with Gasteiger partial charge in [-0.05, 0) is 26.0 Å². The van der Waals surface area contributed by atoms with Gasteiger partial charge in [-0.25, -0.2) is 19.0 Å². The van der Waals surface area contributed by atoms with Crippen LogP contribution in [0, 0.1) is 11.6 Å². The first-order valence-corrected chi connectivity index (χ1v) is 7.36. The second kappa shape index (κ2) is 6.11. The number of morpholine rings is 1. The summed E-state index contributed by atoms with van der Waals surface area (Å²) in [7, 11) is 0. The van der Waals surface area contributed by atoms with Crippen molar-refractivity contribution in [3.8, 4) is 0 Å². The summed E-state index contributed by atoms with van der Waals surface area (Å²) in [4.78, 5) is 12.7. The number of halogens is 2. The van der Waals surface area contributed by atoms with E-state index in [-0.39, 0.29) is 23.1 Å². The molecule has 3 rings (SSSR count). The first kappa shape index (κ1) is 15.7. The van der Waals surface area contributed by atoms with Gasteiger partial charge in [-0.3, -0.25) is 0 Å². The lowest BCUT2D eigenvalue weighted by molar-refractivity contribution is 0.0527. The highest BCUT2D eigenvalue weighted by Crippen LogP contribution is 2.28. The number of benzene rings is 1. The number of carbonyl (C=O) groups is 1. The van der Waals surface area contributed by atoms with Crippen molar-refractivity contribution in [3.63, 3.8) is 0 Å². The zero-order valence-electron chi connectivity index (χ0n) is 12.8. The first-order chi connectivity index (χ1) is 11.0. The SMILES string of the molecule is C[C@H]1CN(c2c(F)cc(C3=NNC(=O)O[C@@H]3C)cc2F)CCO1. The van der Waals surface area contributed by atoms with E-state index < -0.39 is 23.8 Å². The zero-order valence-corrected chi connectivity index (χ0v) is 12.8. The van der Waals surface area contributed by atoms with Crippen molar-refractivity contribution in [3.05, 3.63) is 29.3 Å². The third-order valence-electron chi connectivity index (χ3n) is 3.81. The van der Waals surface area contributed by atoms with Gasteiger partial charge in [0.15, 0.2) is 0 Å². The molecule has 0 saturated carbocycles. The smallest absolute Gasteiger partial charge is 0.428 e. The van der Waals surface area contributed by atoms with Gasteiger partial charge in [0.05, 0.1) is 12.7 Å². The molecule has 1 fully saturated rings. The number of nitrogens with one attached hydrogen (secondary N) is 1. The molecule has 2 atom stereocenters. The molecule has 0 bridgehead atoms. The van der Waals surface area contributed by atoms with E-state index in [2.05, 4.69) is 10.5 Å². The number of cyclic esters (lactones) is 1. The first-order valence-electron chi connectivity index (χ1n) is 7.36. The Morgan fingerprint density at radius 2 is 2.00 bits per heavy atom. The Kier molecular flexibility index (Phi) is 4.16. The number of amides is 1. The van der Waals surface area contributed by atoms with Crippen molar-refractivity contribution in [2.75, 3.05) is 24.6 Å². The molecular weight excluding hydrogens is 308 g/mol. The molecule has 0 spiro atoms. The quantitative estimate of drug-likeness (QED) is 0.904. The normalized spacial score (nSPS) is 24.8. The predicted molar refractivity (Wildman–Crippen MR) is 79.6 cm³/mol. The molecule has 2 aliphatic heterocycles. The van der Waals surface area contributed by atoms with Gasteiger partial charge in [0, 0.05) is 18.7 Å². The van der Waals surface area contributed by atoms with E-state index in [0.717, 1.165) is 0 Å². The summed E-state index contributed by atoms with van der Waals surface area (Å²) in [6.45, 7) is 4.71. The van der Waals surface area contributed by atoms with Crippen LogP contribution in [0.3, 0.4) is 0 Å². The molecule has 6 nitrogen and oxygen atoms in total. The largest absolute Gasteiger partial charge is 0.439 e. The molecule has 1 aromatic carbocycles. The summed E-state index contributed by atoms with van der Waals surface area (Å²) in [6, 6.07) is 2.41. The Morgan fingerprint density at radius 1 is 1.30 bits per heavy atom. The van der Waals surface area contributed by atoms with Crippen molar-refractivity contribution < 1.29 is 23.0 Å². The number of ether oxygens (including phenoxy) is 2. The second-order valence-electron chi connectivity index (χ2n) is 5.57. The molecule has 2 heterocycles. The summed E-state index contributed by atoms with van der Waals surface area (Å²) in [5.41, 5.74) is 2.57. The average Bonchev–Trinajstić information content (AvgIpc) is 2.46. The molecule has 0 aliphatic carbocycles. The molecular formula is C15H17F2N3O3. The van der Waals surface area contributed by atoms with Crippen molar-refractivity contribution in [1.29, 1.82) is 0 Å². The minimum atomic E-state index is -0.693. The molecule has 0 aromatic heterocycles. The van der Waals surface area contributed by atoms with Gasteiger partial charge in [0.1, 0.15) is 29.1 Å². The Hall–Kier alpha value is -2.22. The Bertz CT molecular complexity index is 642. The predicted octanol–water partition coefficient (Wildman–Crippen LogP) is 2.02. The van der Waals surface area contributed by atoms with Crippen LogP contribution in [0.25, 0.3) is 0 Å². The van der Waals surface area contributed by atoms with Crippen molar-refractivity contribution >= 4 is 17.5 Å². The van der Waals surface area contributed by atoms with Crippen LogP contribution in [0.1, 0.15) is 19.4 Å². The van der Waals surface area contributed by atoms with Crippen LogP contribution in [0.5, 0.6) is 0 Å². The van der Waals surface area contributed by atoms with Crippen molar-refractivity contribution in [2.45, 2.75) is 26.1 Å². The van der Waals surface area contributed by atoms with Crippen LogP contribution in [-0.4, -0.2) is 43.7 Å². The van der Waals surface area contributed by atoms with Gasteiger partial charge >= 0.3 is 6.09 Å². The molecule has 1 amide bonds. The molecule has 0 unspecified atom stereocenters. The van der Waals surface area contributed by atoms with E-state index in [1.807, 2.05) is 6.92 Å². The van der Waals surface area contributed by atoms with Crippen LogP contribution < -0.4 is 10.3 Å². The maximum Gasteiger partial charge on any atom is 0.428 e. The maximum atomic E-state index is 14.5. The number of hydrazone groups is 1. The summed E-state index contributed by atoms with van der Waals surface area (Å²) in [6.07, 6.45) is -1.47. The standard InChI is InChI=1S/C15H17F2N3O3/c1-8-7-20(3-4-22-8)14-11(16)5-10(6-12(14)17)13-9(2)23-15(21)19-18-13/h5-6,8-9H,3-4,7H2,1-2H3,(H,19,21)/t8-,9+/m0/s1. The number of hydrogen-bond donors (Lipinski definition) is 1. The van der Waals surface area contributed by atoms with Crippen LogP contribution >= 0.6 is 0 Å². The molecule has 2 aliphatic rings. The molecule has 23 heavy (non-hydrogen) atoms. The van der Waals surface area contributed by atoms with E-state index >= 15 is 0 Å². The average molecular weight is 325 g/mol. The molecule has 1 N–H and O–H groups in total. The van der Waals surface area contributed by atoms with E-state index in [9.17, 15) is 13.6 Å². The topological polar surface area (TPSA) is 63.2 Å². The summed E-state index contributed by atoms with van der Waals surface area (Å²) >= 11 is 0. The van der Waals surface area contributed by atoms with E-state index in [0.29, 0.717) is 19.7 Å². The molecule has 1 saturated heterocycles. The highest BCUT2D eigenvalue weighted by Gasteiger charge is 2.27. The fraction of sp³-hybridized carbons (Fsp3) is 0.467. The maximum absolute atomic E-state index is 14.5. The number of rotatable bonds is 2. The zero-order chi connectivity index (χ0) is 16.6. The summed E-state index contributed by atoms with van der Waals surface area (Å²) in [5, 5.41) is 3.82. The lowest BCUT2D eigenvalue weighted by Crippen LogP contribution is -2.42. The minimum Gasteiger partial charge on any atom is -0.439 e. The summed E-state index contributed by atoms with van der Waals surface area (Å²) < 4.78 is 39.3. The highest BCUT2D eigenvalue weighted by molar-refractivity contribution is 6.06. The summed E-state index contributed by atoms with van der Waals surface area (Å²) in [5.74, 6) is -1.36.